The first-order valence-corrected chi connectivity index (χ1v) is 9.67. The van der Waals surface area contributed by atoms with Crippen molar-refractivity contribution in [2.24, 2.45) is 0 Å². The molecular weight excluding hydrogens is 392 g/mol. The van der Waals surface area contributed by atoms with E-state index in [1.807, 2.05) is 25.1 Å². The first-order valence-electron chi connectivity index (χ1n) is 7.44. The predicted molar refractivity (Wildman–Crippen MR) is 98.4 cm³/mol. The van der Waals surface area contributed by atoms with Gasteiger partial charge in [-0.25, -0.2) is 8.42 Å². The maximum absolute atomic E-state index is 12.5. The van der Waals surface area contributed by atoms with Gasteiger partial charge in [0.05, 0.1) is 11.4 Å². The molecule has 0 saturated heterocycles. The summed E-state index contributed by atoms with van der Waals surface area (Å²) in [7, 11) is -2.33. The largest absolute Gasteiger partial charge is 0.325 e. The summed E-state index contributed by atoms with van der Waals surface area (Å²) in [6, 6.07) is 13.9. The van der Waals surface area contributed by atoms with E-state index in [-0.39, 0.29) is 17.3 Å². The van der Waals surface area contributed by atoms with Crippen LogP contribution in [0.25, 0.3) is 0 Å². The van der Waals surface area contributed by atoms with Gasteiger partial charge in [0, 0.05) is 17.2 Å². The zero-order chi connectivity index (χ0) is 17.7. The molecule has 0 saturated carbocycles. The molecule has 0 spiro atoms. The zero-order valence-electron chi connectivity index (χ0n) is 13.5. The van der Waals surface area contributed by atoms with Crippen molar-refractivity contribution < 1.29 is 13.2 Å². The van der Waals surface area contributed by atoms with Crippen molar-refractivity contribution in [2.45, 2.75) is 18.2 Å². The van der Waals surface area contributed by atoms with E-state index in [9.17, 15) is 13.2 Å². The molecule has 128 valence electrons. The molecule has 1 N–H and O–H groups in total. The Morgan fingerprint density at radius 3 is 2.54 bits per heavy atom. The van der Waals surface area contributed by atoms with Gasteiger partial charge in [0.15, 0.2) is 0 Å². The summed E-state index contributed by atoms with van der Waals surface area (Å²) in [6.45, 7) is 1.74. The van der Waals surface area contributed by atoms with Gasteiger partial charge in [-0.3, -0.25) is 4.79 Å². The number of nitrogens with zero attached hydrogens (tertiary/aromatic N) is 1. The van der Waals surface area contributed by atoms with Crippen LogP contribution in [0.15, 0.2) is 57.9 Å². The Labute approximate surface area is 150 Å². The van der Waals surface area contributed by atoms with Crippen molar-refractivity contribution >= 4 is 37.5 Å². The molecule has 7 heteroatoms. The molecule has 0 radical (unpaired) electrons. The summed E-state index contributed by atoms with van der Waals surface area (Å²) in [5.41, 5.74) is 1.71. The molecule has 0 aliphatic heterocycles. The van der Waals surface area contributed by atoms with Crippen LogP contribution in [0.5, 0.6) is 0 Å². The second kappa shape index (κ2) is 7.92. The second-order valence-corrected chi connectivity index (χ2v) is 8.24. The molecule has 0 heterocycles. The van der Waals surface area contributed by atoms with Gasteiger partial charge >= 0.3 is 0 Å². The average molecular weight is 411 g/mol. The Hall–Kier alpha value is -1.70. The van der Waals surface area contributed by atoms with E-state index in [4.69, 9.17) is 0 Å². The number of hydrogen-bond donors (Lipinski definition) is 1. The number of hydrogen-bond acceptors (Lipinski definition) is 3. The minimum absolute atomic E-state index is 0.140. The van der Waals surface area contributed by atoms with Crippen LogP contribution in [0.3, 0.4) is 0 Å². The van der Waals surface area contributed by atoms with Gasteiger partial charge < -0.3 is 5.32 Å². The van der Waals surface area contributed by atoms with Crippen molar-refractivity contribution in [1.82, 2.24) is 4.31 Å². The summed E-state index contributed by atoms with van der Waals surface area (Å²) in [4.78, 5) is 12.3. The minimum atomic E-state index is -3.72. The number of rotatable bonds is 6. The van der Waals surface area contributed by atoms with E-state index >= 15 is 0 Å². The number of anilines is 1. The number of nitrogens with one attached hydrogen (secondary N) is 1. The monoisotopic (exact) mass is 410 g/mol. The number of aryl methyl sites for hydroxylation is 1. The van der Waals surface area contributed by atoms with E-state index in [2.05, 4.69) is 21.2 Å². The Balaban J connectivity index is 2.11. The first-order chi connectivity index (χ1) is 11.3. The Kier molecular flexibility index (Phi) is 6.15. The highest BCUT2D eigenvalue weighted by molar-refractivity contribution is 9.10. The molecule has 0 fully saturated rings. The summed E-state index contributed by atoms with van der Waals surface area (Å²) >= 11 is 3.25. The summed E-state index contributed by atoms with van der Waals surface area (Å²) < 4.78 is 26.7. The predicted octanol–water partition coefficient (Wildman–Crippen LogP) is 3.27. The van der Waals surface area contributed by atoms with Crippen LogP contribution in [-0.2, 0) is 21.2 Å². The third-order valence-electron chi connectivity index (χ3n) is 3.54. The molecule has 0 bridgehead atoms. The molecule has 0 atom stereocenters. The summed E-state index contributed by atoms with van der Waals surface area (Å²) in [6.07, 6.45) is 0.780. The van der Waals surface area contributed by atoms with E-state index in [1.54, 1.807) is 18.2 Å². The van der Waals surface area contributed by atoms with Crippen molar-refractivity contribution in [3.05, 3.63) is 58.6 Å². The lowest BCUT2D eigenvalue weighted by Gasteiger charge is -2.17. The number of carbonyl (C=O) groups excluding carboxylic acids is 1. The van der Waals surface area contributed by atoms with Crippen LogP contribution < -0.4 is 5.32 Å². The molecular formula is C17H19BrN2O3S. The Morgan fingerprint density at radius 1 is 1.17 bits per heavy atom. The number of amides is 1. The standard InChI is InChI=1S/C17H19BrN2O3S/c1-3-13-7-4-5-10-16(13)19-17(21)12-20(2)24(22,23)15-9-6-8-14(18)11-15/h4-11H,3,12H2,1-2H3,(H,19,21). The third-order valence-corrected chi connectivity index (χ3v) is 5.84. The maximum Gasteiger partial charge on any atom is 0.243 e. The fourth-order valence-corrected chi connectivity index (χ4v) is 3.96. The molecule has 5 nitrogen and oxygen atoms in total. The number of likely N-dealkylation sites (N-methyl/N-ethyl adjacent to an activating group) is 1. The Bertz CT molecular complexity index is 837. The zero-order valence-corrected chi connectivity index (χ0v) is 15.9. The SMILES string of the molecule is CCc1ccccc1NC(=O)CN(C)S(=O)(=O)c1cccc(Br)c1. The van der Waals surface area contributed by atoms with Gasteiger partial charge in [0.2, 0.25) is 15.9 Å². The number of halogens is 1. The molecule has 24 heavy (non-hydrogen) atoms. The van der Waals surface area contributed by atoms with Crippen LogP contribution in [-0.4, -0.2) is 32.2 Å². The fraction of sp³-hybridized carbons (Fsp3) is 0.235. The lowest BCUT2D eigenvalue weighted by atomic mass is 10.1. The second-order valence-electron chi connectivity index (χ2n) is 5.28. The third kappa shape index (κ3) is 4.43. The first kappa shape index (κ1) is 18.6. The molecule has 2 aromatic carbocycles. The van der Waals surface area contributed by atoms with Crippen LogP contribution in [0.1, 0.15) is 12.5 Å². The normalized spacial score (nSPS) is 11.5. The van der Waals surface area contributed by atoms with E-state index in [1.165, 1.54) is 19.2 Å². The van der Waals surface area contributed by atoms with E-state index < -0.39 is 10.0 Å². The Morgan fingerprint density at radius 2 is 1.88 bits per heavy atom. The van der Waals surface area contributed by atoms with Crippen molar-refractivity contribution in [3.8, 4) is 0 Å². The van der Waals surface area contributed by atoms with Gasteiger partial charge in [-0.05, 0) is 36.2 Å². The van der Waals surface area contributed by atoms with Crippen LogP contribution in [0.2, 0.25) is 0 Å². The highest BCUT2D eigenvalue weighted by atomic mass is 79.9. The number of sulfonamides is 1. The molecule has 1 amide bonds. The molecule has 0 aromatic heterocycles. The van der Waals surface area contributed by atoms with Gasteiger partial charge in [-0.2, -0.15) is 4.31 Å². The van der Waals surface area contributed by atoms with Crippen molar-refractivity contribution in [3.63, 3.8) is 0 Å². The maximum atomic E-state index is 12.5. The molecule has 0 unspecified atom stereocenters. The lowest BCUT2D eigenvalue weighted by Crippen LogP contribution is -2.35. The number of benzene rings is 2. The summed E-state index contributed by atoms with van der Waals surface area (Å²) in [5, 5.41) is 2.77. The number of para-hydroxylation sites is 1. The van der Waals surface area contributed by atoms with Crippen LogP contribution in [0.4, 0.5) is 5.69 Å². The highest BCUT2D eigenvalue weighted by Gasteiger charge is 2.23. The fourth-order valence-electron chi connectivity index (χ4n) is 2.23. The van der Waals surface area contributed by atoms with Gasteiger partial charge in [-0.1, -0.05) is 47.1 Å². The topological polar surface area (TPSA) is 66.5 Å². The minimum Gasteiger partial charge on any atom is -0.325 e. The van der Waals surface area contributed by atoms with Crippen molar-refractivity contribution in [1.29, 1.82) is 0 Å². The van der Waals surface area contributed by atoms with E-state index in [0.29, 0.717) is 10.2 Å². The van der Waals surface area contributed by atoms with Gasteiger partial charge in [0.1, 0.15) is 0 Å². The summed E-state index contributed by atoms with van der Waals surface area (Å²) in [5.74, 6) is -0.378. The van der Waals surface area contributed by atoms with Crippen LogP contribution in [0, 0.1) is 0 Å². The molecule has 0 aliphatic rings. The van der Waals surface area contributed by atoms with Crippen LogP contribution >= 0.6 is 15.9 Å². The molecule has 2 aromatic rings. The van der Waals surface area contributed by atoms with Gasteiger partial charge in [-0.15, -0.1) is 0 Å². The number of carbonyl (C=O) groups is 1. The smallest absolute Gasteiger partial charge is 0.243 e. The lowest BCUT2D eigenvalue weighted by molar-refractivity contribution is -0.116. The quantitative estimate of drug-likeness (QED) is 0.794. The van der Waals surface area contributed by atoms with Gasteiger partial charge in [0.25, 0.3) is 0 Å². The average Bonchev–Trinajstić information content (AvgIpc) is 2.55. The van der Waals surface area contributed by atoms with Crippen molar-refractivity contribution in [2.75, 3.05) is 18.9 Å². The highest BCUT2D eigenvalue weighted by Crippen LogP contribution is 2.19. The van der Waals surface area contributed by atoms with E-state index in [0.717, 1.165) is 16.3 Å². The molecule has 0 aliphatic carbocycles. The molecule has 2 rings (SSSR count).